The van der Waals surface area contributed by atoms with E-state index in [1.165, 1.54) is 0 Å². The van der Waals surface area contributed by atoms with E-state index in [4.69, 9.17) is 21.1 Å². The summed E-state index contributed by atoms with van der Waals surface area (Å²) in [7, 11) is 0. The van der Waals surface area contributed by atoms with Gasteiger partial charge in [0.1, 0.15) is 5.75 Å². The minimum absolute atomic E-state index is 0.238. The zero-order chi connectivity index (χ0) is 13.5. The number of carbonyl (C=O) groups excluding carboxylic acids is 2. The van der Waals surface area contributed by atoms with E-state index < -0.39 is 12.1 Å². The highest BCUT2D eigenvalue weighted by Crippen LogP contribution is 2.26. The zero-order valence-corrected chi connectivity index (χ0v) is 11.1. The van der Waals surface area contributed by atoms with Crippen LogP contribution in [0.2, 0.25) is 5.02 Å². The van der Waals surface area contributed by atoms with Gasteiger partial charge in [-0.25, -0.2) is 4.79 Å². The number of rotatable bonds is 6. The van der Waals surface area contributed by atoms with Crippen molar-refractivity contribution in [3.05, 3.63) is 28.8 Å². The number of carbonyl (C=O) groups is 2. The van der Waals surface area contributed by atoms with Gasteiger partial charge in [0.2, 0.25) is 0 Å². The van der Waals surface area contributed by atoms with E-state index in [0.29, 0.717) is 17.7 Å². The normalized spacial score (nSPS) is 11.7. The van der Waals surface area contributed by atoms with Crippen molar-refractivity contribution in [3.8, 4) is 5.75 Å². The molecule has 1 aromatic carbocycles. The van der Waals surface area contributed by atoms with Crippen LogP contribution in [0.4, 0.5) is 0 Å². The highest BCUT2D eigenvalue weighted by atomic mass is 35.5. The molecule has 1 aromatic rings. The third-order valence-electron chi connectivity index (χ3n) is 2.32. The van der Waals surface area contributed by atoms with Crippen LogP contribution < -0.4 is 4.74 Å². The third kappa shape index (κ3) is 3.47. The molecule has 0 bridgehead atoms. The van der Waals surface area contributed by atoms with Crippen LogP contribution in [0.25, 0.3) is 0 Å². The molecule has 0 fully saturated rings. The predicted molar refractivity (Wildman–Crippen MR) is 68.2 cm³/mol. The molecule has 1 rings (SSSR count). The fraction of sp³-hybridized carbons (Fsp3) is 0.385. The maximum atomic E-state index is 11.6. The lowest BCUT2D eigenvalue weighted by Gasteiger charge is -2.17. The number of ether oxygens (including phenoxy) is 2. The lowest BCUT2D eigenvalue weighted by atomic mass is 10.2. The summed E-state index contributed by atoms with van der Waals surface area (Å²) in [6.07, 6.45) is 0.321. The van der Waals surface area contributed by atoms with Gasteiger partial charge in [-0.2, -0.15) is 0 Å². The summed E-state index contributed by atoms with van der Waals surface area (Å²) in [5.74, 6) is -0.158. The molecule has 0 aliphatic rings. The van der Waals surface area contributed by atoms with Crippen molar-refractivity contribution in [1.29, 1.82) is 0 Å². The molecule has 0 saturated carbocycles. The molecule has 18 heavy (non-hydrogen) atoms. The number of hydrogen-bond donors (Lipinski definition) is 0. The minimum Gasteiger partial charge on any atom is -0.478 e. The first-order chi connectivity index (χ1) is 8.63. The summed E-state index contributed by atoms with van der Waals surface area (Å²) < 4.78 is 10.4. The van der Waals surface area contributed by atoms with E-state index in [-0.39, 0.29) is 17.9 Å². The Morgan fingerprint density at radius 1 is 1.44 bits per heavy atom. The van der Waals surface area contributed by atoms with Crippen molar-refractivity contribution < 1.29 is 19.1 Å². The molecule has 1 atom stereocenters. The van der Waals surface area contributed by atoms with Gasteiger partial charge in [-0.15, -0.1) is 0 Å². The summed E-state index contributed by atoms with van der Waals surface area (Å²) >= 11 is 5.87. The zero-order valence-electron chi connectivity index (χ0n) is 10.3. The SMILES string of the molecule is CCOC(=O)C(CC)Oc1cccc(Cl)c1C=O. The van der Waals surface area contributed by atoms with Crippen LogP contribution in [0.1, 0.15) is 30.6 Å². The number of benzene rings is 1. The van der Waals surface area contributed by atoms with E-state index in [1.807, 2.05) is 0 Å². The fourth-order valence-electron chi connectivity index (χ4n) is 1.42. The summed E-state index contributed by atoms with van der Waals surface area (Å²) in [4.78, 5) is 22.5. The van der Waals surface area contributed by atoms with Gasteiger partial charge >= 0.3 is 5.97 Å². The molecular weight excluding hydrogens is 256 g/mol. The topological polar surface area (TPSA) is 52.6 Å². The summed E-state index contributed by atoms with van der Waals surface area (Å²) in [5, 5.41) is 0.293. The fourth-order valence-corrected chi connectivity index (χ4v) is 1.63. The van der Waals surface area contributed by atoms with Crippen molar-refractivity contribution in [2.75, 3.05) is 6.61 Å². The van der Waals surface area contributed by atoms with E-state index in [9.17, 15) is 9.59 Å². The number of halogens is 1. The average molecular weight is 271 g/mol. The van der Waals surface area contributed by atoms with Crippen LogP contribution in [-0.4, -0.2) is 25.0 Å². The van der Waals surface area contributed by atoms with E-state index in [1.54, 1.807) is 32.0 Å². The molecule has 0 radical (unpaired) electrons. The third-order valence-corrected chi connectivity index (χ3v) is 2.65. The summed E-state index contributed by atoms with van der Waals surface area (Å²) in [5.41, 5.74) is 0.238. The van der Waals surface area contributed by atoms with Crippen molar-refractivity contribution in [1.82, 2.24) is 0 Å². The number of hydrogen-bond acceptors (Lipinski definition) is 4. The Labute approximate surface area is 111 Å². The van der Waals surface area contributed by atoms with Gasteiger partial charge in [0, 0.05) is 0 Å². The van der Waals surface area contributed by atoms with Crippen molar-refractivity contribution in [2.24, 2.45) is 0 Å². The van der Waals surface area contributed by atoms with Crippen LogP contribution in [0, 0.1) is 0 Å². The molecule has 0 spiro atoms. The Kier molecular flexibility index (Phi) is 5.65. The van der Waals surface area contributed by atoms with Crippen LogP contribution in [0.3, 0.4) is 0 Å². The minimum atomic E-state index is -0.734. The Balaban J connectivity index is 2.91. The molecule has 98 valence electrons. The lowest BCUT2D eigenvalue weighted by Crippen LogP contribution is -2.29. The van der Waals surface area contributed by atoms with Crippen LogP contribution >= 0.6 is 11.6 Å². The number of aldehydes is 1. The van der Waals surface area contributed by atoms with E-state index in [0.717, 1.165) is 0 Å². The van der Waals surface area contributed by atoms with Crippen molar-refractivity contribution in [3.63, 3.8) is 0 Å². The monoisotopic (exact) mass is 270 g/mol. The lowest BCUT2D eigenvalue weighted by molar-refractivity contribution is -0.151. The Hall–Kier alpha value is -1.55. The highest BCUT2D eigenvalue weighted by molar-refractivity contribution is 6.33. The molecule has 4 nitrogen and oxygen atoms in total. The molecular formula is C13H15ClO4. The molecule has 0 N–H and O–H groups in total. The Morgan fingerprint density at radius 3 is 2.72 bits per heavy atom. The maximum Gasteiger partial charge on any atom is 0.347 e. The van der Waals surface area contributed by atoms with Gasteiger partial charge in [-0.05, 0) is 25.5 Å². The Morgan fingerprint density at radius 2 is 2.17 bits per heavy atom. The van der Waals surface area contributed by atoms with Crippen molar-refractivity contribution >= 4 is 23.9 Å². The summed E-state index contributed by atoms with van der Waals surface area (Å²) in [6.45, 7) is 3.81. The van der Waals surface area contributed by atoms with Gasteiger partial charge in [0.05, 0.1) is 17.2 Å². The molecule has 5 heteroatoms. The smallest absolute Gasteiger partial charge is 0.347 e. The first kappa shape index (κ1) is 14.5. The second-order valence-electron chi connectivity index (χ2n) is 3.54. The average Bonchev–Trinajstić information content (AvgIpc) is 2.36. The molecule has 0 aliphatic carbocycles. The highest BCUT2D eigenvalue weighted by Gasteiger charge is 2.21. The predicted octanol–water partition coefficient (Wildman–Crippen LogP) is 2.87. The molecule has 0 aromatic heterocycles. The van der Waals surface area contributed by atoms with Gasteiger partial charge in [0.25, 0.3) is 0 Å². The second-order valence-corrected chi connectivity index (χ2v) is 3.94. The Bertz CT molecular complexity index is 431. The summed E-state index contributed by atoms with van der Waals surface area (Å²) in [6, 6.07) is 4.84. The van der Waals surface area contributed by atoms with E-state index in [2.05, 4.69) is 0 Å². The molecule has 0 saturated heterocycles. The van der Waals surface area contributed by atoms with Crippen LogP contribution in [0.5, 0.6) is 5.75 Å². The first-order valence-electron chi connectivity index (χ1n) is 5.71. The quantitative estimate of drug-likeness (QED) is 0.589. The van der Waals surface area contributed by atoms with Gasteiger partial charge < -0.3 is 9.47 Å². The second kappa shape index (κ2) is 7.01. The largest absolute Gasteiger partial charge is 0.478 e. The standard InChI is InChI=1S/C13H15ClO4/c1-3-11(13(16)17-4-2)18-12-7-5-6-10(14)9(12)8-15/h5-8,11H,3-4H2,1-2H3. The van der Waals surface area contributed by atoms with Gasteiger partial charge in [-0.1, -0.05) is 24.6 Å². The molecule has 0 amide bonds. The van der Waals surface area contributed by atoms with E-state index >= 15 is 0 Å². The van der Waals surface area contributed by atoms with Gasteiger partial charge in [-0.3, -0.25) is 4.79 Å². The van der Waals surface area contributed by atoms with Crippen molar-refractivity contribution in [2.45, 2.75) is 26.4 Å². The number of esters is 1. The molecule has 0 heterocycles. The van der Waals surface area contributed by atoms with Crippen LogP contribution in [-0.2, 0) is 9.53 Å². The van der Waals surface area contributed by atoms with Crippen LogP contribution in [0.15, 0.2) is 18.2 Å². The molecule has 0 aliphatic heterocycles. The van der Waals surface area contributed by atoms with Gasteiger partial charge in [0.15, 0.2) is 12.4 Å². The maximum absolute atomic E-state index is 11.6. The first-order valence-corrected chi connectivity index (χ1v) is 6.08. The molecule has 1 unspecified atom stereocenters.